The van der Waals surface area contributed by atoms with Gasteiger partial charge in [-0.2, -0.15) is 5.10 Å². The minimum absolute atomic E-state index is 0.296. The first kappa shape index (κ1) is 14.8. The van der Waals surface area contributed by atoms with Crippen LogP contribution in [-0.2, 0) is 4.74 Å². The molecule has 0 aliphatic carbocycles. The van der Waals surface area contributed by atoms with Gasteiger partial charge in [0.2, 0.25) is 0 Å². The maximum atomic E-state index is 12.4. The normalized spacial score (nSPS) is 16.2. The maximum Gasteiger partial charge on any atom is 0.280 e. The van der Waals surface area contributed by atoms with Crippen molar-refractivity contribution in [2.24, 2.45) is 10.9 Å². The number of aromatic nitrogens is 4. The molecule has 1 fully saturated rings. The topological polar surface area (TPSA) is 96.0 Å². The van der Waals surface area contributed by atoms with Crippen LogP contribution >= 0.6 is 0 Å². The number of ether oxygens (including phenoxy) is 1. The Bertz CT molecular complexity index is 856. The Morgan fingerprint density at radius 3 is 2.96 bits per heavy atom. The van der Waals surface area contributed by atoms with Crippen LogP contribution in [0.2, 0.25) is 0 Å². The lowest BCUT2D eigenvalue weighted by atomic mass is 10.0. The van der Waals surface area contributed by atoms with E-state index >= 15 is 0 Å². The molecule has 0 unspecified atom stereocenters. The van der Waals surface area contributed by atoms with Crippen molar-refractivity contribution in [3.63, 3.8) is 0 Å². The van der Waals surface area contributed by atoms with E-state index in [1.165, 1.54) is 6.20 Å². The zero-order chi connectivity index (χ0) is 16.4. The molecule has 0 bridgehead atoms. The van der Waals surface area contributed by atoms with Crippen LogP contribution in [0.25, 0.3) is 22.6 Å². The number of para-hydroxylation sites is 2. The van der Waals surface area contributed by atoms with E-state index in [4.69, 9.17) is 4.74 Å². The van der Waals surface area contributed by atoms with Crippen LogP contribution in [0.5, 0.6) is 0 Å². The summed E-state index contributed by atoms with van der Waals surface area (Å²) in [5.74, 6) is 0.563. The molecule has 1 aromatic carbocycles. The van der Waals surface area contributed by atoms with Crippen molar-refractivity contribution in [1.82, 2.24) is 20.2 Å². The Labute approximate surface area is 138 Å². The molecule has 0 atom stereocenters. The Balaban J connectivity index is 1.59. The molecule has 7 nitrogen and oxygen atoms in total. The number of hydrogen-bond acceptors (Lipinski definition) is 4. The number of carbonyl (C=O) groups is 1. The van der Waals surface area contributed by atoms with Crippen molar-refractivity contribution in [1.29, 1.82) is 0 Å². The lowest BCUT2D eigenvalue weighted by Gasteiger charge is -2.17. The fourth-order valence-electron chi connectivity index (χ4n) is 2.81. The summed E-state index contributed by atoms with van der Waals surface area (Å²) < 4.78 is 5.31. The summed E-state index contributed by atoms with van der Waals surface area (Å²) in [4.78, 5) is 24.2. The van der Waals surface area contributed by atoms with Crippen LogP contribution in [0.4, 0.5) is 0 Å². The number of carbonyl (C=O) groups excluding carboxylic acids is 1. The number of fused-ring (bicyclic) bond motifs is 1. The fourth-order valence-corrected chi connectivity index (χ4v) is 2.81. The second-order valence-electron chi connectivity index (χ2n) is 5.79. The van der Waals surface area contributed by atoms with Crippen molar-refractivity contribution in [2.45, 2.75) is 12.8 Å². The first-order valence-corrected chi connectivity index (χ1v) is 7.96. The Morgan fingerprint density at radius 1 is 1.29 bits per heavy atom. The predicted octanol–water partition coefficient (Wildman–Crippen LogP) is 2.59. The van der Waals surface area contributed by atoms with Gasteiger partial charge < -0.3 is 9.72 Å². The number of H-pyrrole nitrogens is 2. The smallest absolute Gasteiger partial charge is 0.280 e. The van der Waals surface area contributed by atoms with Gasteiger partial charge in [0.1, 0.15) is 5.69 Å². The summed E-state index contributed by atoms with van der Waals surface area (Å²) in [5.41, 5.74) is 2.72. The highest BCUT2D eigenvalue weighted by Crippen LogP contribution is 2.22. The molecule has 122 valence electrons. The van der Waals surface area contributed by atoms with Gasteiger partial charge in [0.05, 0.1) is 22.8 Å². The molecule has 7 heteroatoms. The van der Waals surface area contributed by atoms with Crippen LogP contribution in [-0.4, -0.2) is 45.5 Å². The molecule has 4 rings (SSSR count). The molecule has 1 amide bonds. The SMILES string of the molecule is O=C(N=CC1CCOCC1)c1cn[nH]c1-c1nc2ccccc2[nH]1. The number of imidazole rings is 1. The Kier molecular flexibility index (Phi) is 3.92. The van der Waals surface area contributed by atoms with Gasteiger partial charge in [-0.25, -0.2) is 9.98 Å². The zero-order valence-corrected chi connectivity index (χ0v) is 13.0. The molecule has 3 aromatic rings. The van der Waals surface area contributed by atoms with Crippen LogP contribution in [0.3, 0.4) is 0 Å². The molecular formula is C17H17N5O2. The lowest BCUT2D eigenvalue weighted by Crippen LogP contribution is -2.17. The van der Waals surface area contributed by atoms with Gasteiger partial charge >= 0.3 is 0 Å². The van der Waals surface area contributed by atoms with E-state index < -0.39 is 0 Å². The maximum absolute atomic E-state index is 12.4. The van der Waals surface area contributed by atoms with Crippen LogP contribution in [0.15, 0.2) is 35.5 Å². The summed E-state index contributed by atoms with van der Waals surface area (Å²) in [6.45, 7) is 1.45. The van der Waals surface area contributed by atoms with Gasteiger partial charge in [0, 0.05) is 19.4 Å². The number of aliphatic imine (C=N–C) groups is 1. The molecule has 1 saturated heterocycles. The number of aromatic amines is 2. The zero-order valence-electron chi connectivity index (χ0n) is 13.0. The van der Waals surface area contributed by atoms with Crippen molar-refractivity contribution in [3.8, 4) is 11.5 Å². The number of benzene rings is 1. The summed E-state index contributed by atoms with van der Waals surface area (Å²) in [6.07, 6.45) is 5.03. The van der Waals surface area contributed by atoms with Crippen molar-refractivity contribution in [3.05, 3.63) is 36.0 Å². The van der Waals surface area contributed by atoms with E-state index in [1.807, 2.05) is 24.3 Å². The first-order chi connectivity index (χ1) is 11.8. The van der Waals surface area contributed by atoms with Crippen LogP contribution in [0, 0.1) is 5.92 Å². The third-order valence-corrected chi connectivity index (χ3v) is 4.16. The van der Waals surface area contributed by atoms with Crippen molar-refractivity contribution in [2.75, 3.05) is 13.2 Å². The minimum Gasteiger partial charge on any atom is -0.381 e. The van der Waals surface area contributed by atoms with Crippen molar-refractivity contribution >= 4 is 23.2 Å². The van der Waals surface area contributed by atoms with Crippen LogP contribution in [0.1, 0.15) is 23.2 Å². The van der Waals surface area contributed by atoms with Gasteiger partial charge in [-0.05, 0) is 30.9 Å². The summed E-state index contributed by atoms with van der Waals surface area (Å²) in [5, 5.41) is 6.83. The molecule has 0 spiro atoms. The third-order valence-electron chi connectivity index (χ3n) is 4.16. The Morgan fingerprint density at radius 2 is 2.12 bits per heavy atom. The molecule has 2 N–H and O–H groups in total. The van der Waals surface area contributed by atoms with Crippen LogP contribution < -0.4 is 0 Å². The number of rotatable bonds is 3. The second kappa shape index (κ2) is 6.37. The highest BCUT2D eigenvalue weighted by molar-refractivity contribution is 6.03. The number of hydrogen-bond donors (Lipinski definition) is 2. The van der Waals surface area contributed by atoms with Gasteiger partial charge in [0.15, 0.2) is 5.82 Å². The number of nitrogens with zero attached hydrogens (tertiary/aromatic N) is 3. The predicted molar refractivity (Wildman–Crippen MR) is 90.0 cm³/mol. The fraction of sp³-hybridized carbons (Fsp3) is 0.294. The third kappa shape index (κ3) is 2.85. The monoisotopic (exact) mass is 323 g/mol. The summed E-state index contributed by atoms with van der Waals surface area (Å²) >= 11 is 0. The van der Waals surface area contributed by atoms with E-state index in [9.17, 15) is 4.79 Å². The molecule has 0 saturated carbocycles. The van der Waals surface area contributed by atoms with E-state index in [0.29, 0.717) is 23.0 Å². The summed E-state index contributed by atoms with van der Waals surface area (Å²) in [6, 6.07) is 7.70. The van der Waals surface area contributed by atoms with E-state index in [-0.39, 0.29) is 5.91 Å². The second-order valence-corrected chi connectivity index (χ2v) is 5.79. The Hall–Kier alpha value is -2.80. The standard InChI is InChI=1S/C17H17N5O2/c23-17(18-9-11-5-7-24-8-6-11)12-10-19-22-15(12)16-20-13-3-1-2-4-14(13)21-16/h1-4,9-11H,5-8H2,(H,19,22)(H,20,21). The first-order valence-electron chi connectivity index (χ1n) is 7.96. The molecule has 2 aromatic heterocycles. The molecule has 1 aliphatic heterocycles. The van der Waals surface area contributed by atoms with Gasteiger partial charge in [-0.1, -0.05) is 12.1 Å². The average molecular weight is 323 g/mol. The molecule has 3 heterocycles. The average Bonchev–Trinajstić information content (AvgIpc) is 3.26. The van der Waals surface area contributed by atoms with E-state index in [2.05, 4.69) is 25.2 Å². The van der Waals surface area contributed by atoms with Gasteiger partial charge in [-0.3, -0.25) is 9.89 Å². The number of amides is 1. The van der Waals surface area contributed by atoms with Gasteiger partial charge in [0.25, 0.3) is 5.91 Å². The molecular weight excluding hydrogens is 306 g/mol. The van der Waals surface area contributed by atoms with E-state index in [1.54, 1.807) is 6.21 Å². The minimum atomic E-state index is -0.314. The van der Waals surface area contributed by atoms with Gasteiger partial charge in [-0.15, -0.1) is 0 Å². The highest BCUT2D eigenvalue weighted by atomic mass is 16.5. The van der Waals surface area contributed by atoms with E-state index in [0.717, 1.165) is 37.1 Å². The summed E-state index contributed by atoms with van der Waals surface area (Å²) in [7, 11) is 0. The van der Waals surface area contributed by atoms with Crippen molar-refractivity contribution < 1.29 is 9.53 Å². The molecule has 0 radical (unpaired) electrons. The lowest BCUT2D eigenvalue weighted by molar-refractivity contribution is 0.0834. The molecule has 24 heavy (non-hydrogen) atoms. The largest absolute Gasteiger partial charge is 0.381 e. The number of nitrogens with one attached hydrogen (secondary N) is 2. The highest BCUT2D eigenvalue weighted by Gasteiger charge is 2.18. The quantitative estimate of drug-likeness (QED) is 0.724. The molecule has 1 aliphatic rings.